The van der Waals surface area contributed by atoms with Gasteiger partial charge in [0, 0.05) is 5.92 Å². The largest absolute Gasteiger partial charge is 0.449 e. The number of hydrogen-bond donors (Lipinski definition) is 0. The number of hydrogen-bond acceptors (Lipinski definition) is 3. The summed E-state index contributed by atoms with van der Waals surface area (Å²) in [4.78, 5) is 15.3. The maximum atomic E-state index is 11.6. The van der Waals surface area contributed by atoms with Gasteiger partial charge in [-0.2, -0.15) is 4.98 Å². The molecule has 0 atom stereocenters. The van der Waals surface area contributed by atoms with Gasteiger partial charge in [-0.1, -0.05) is 34.6 Å². The van der Waals surface area contributed by atoms with E-state index in [-0.39, 0.29) is 16.9 Å². The number of nitrogens with zero attached hydrogens (tertiary/aromatic N) is 1. The minimum absolute atomic E-state index is 0.174. The van der Waals surface area contributed by atoms with Gasteiger partial charge in [0.1, 0.15) is 5.76 Å². The summed E-state index contributed by atoms with van der Waals surface area (Å²) in [7, 11) is 0. The van der Waals surface area contributed by atoms with E-state index in [9.17, 15) is 4.79 Å². The van der Waals surface area contributed by atoms with Crippen LogP contribution in [0.3, 0.4) is 0 Å². The van der Waals surface area contributed by atoms with Crippen LogP contribution in [-0.4, -0.2) is 4.98 Å². The first-order valence-corrected chi connectivity index (χ1v) is 4.82. The second-order valence-corrected chi connectivity index (χ2v) is 4.80. The van der Waals surface area contributed by atoms with Crippen molar-refractivity contribution >= 4 is 0 Å². The Bertz CT molecular complexity index is 372. The Morgan fingerprint density at radius 1 is 1.36 bits per heavy atom. The molecule has 0 fully saturated rings. The van der Waals surface area contributed by atoms with Crippen LogP contribution in [0, 0.1) is 0 Å². The van der Waals surface area contributed by atoms with Crippen molar-refractivity contribution in [1.29, 1.82) is 0 Å². The average molecular weight is 195 g/mol. The minimum atomic E-state index is -0.214. The van der Waals surface area contributed by atoms with Crippen LogP contribution in [0.25, 0.3) is 0 Å². The fraction of sp³-hybridized carbons (Fsp3) is 0.636. The molecule has 0 radical (unpaired) electrons. The van der Waals surface area contributed by atoms with Crippen LogP contribution in [-0.2, 0) is 5.41 Å². The zero-order valence-corrected chi connectivity index (χ0v) is 9.42. The Kier molecular flexibility index (Phi) is 2.79. The van der Waals surface area contributed by atoms with Gasteiger partial charge >= 0.3 is 0 Å². The molecule has 1 rings (SSSR count). The third kappa shape index (κ3) is 2.03. The van der Waals surface area contributed by atoms with Gasteiger partial charge < -0.3 is 4.42 Å². The summed E-state index contributed by atoms with van der Waals surface area (Å²) in [5.41, 5.74) is 0.302. The topological polar surface area (TPSA) is 43.1 Å². The average Bonchev–Trinajstić information content (AvgIpc) is 2.01. The molecule has 0 saturated carbocycles. The standard InChI is InChI=1S/C11H17NO2/c1-7(2)9-8(11(3,4)5)10(13)12-6-14-9/h6-7H,1-5H3. The van der Waals surface area contributed by atoms with Crippen LogP contribution >= 0.6 is 0 Å². The molecule has 0 aliphatic rings. The minimum Gasteiger partial charge on any atom is -0.449 e. The quantitative estimate of drug-likeness (QED) is 0.691. The fourth-order valence-electron chi connectivity index (χ4n) is 1.48. The summed E-state index contributed by atoms with van der Waals surface area (Å²) in [6.07, 6.45) is 1.23. The van der Waals surface area contributed by atoms with E-state index in [0.717, 1.165) is 5.76 Å². The molecule has 0 bridgehead atoms. The van der Waals surface area contributed by atoms with Gasteiger partial charge in [-0.25, -0.2) is 0 Å². The van der Waals surface area contributed by atoms with E-state index in [1.807, 2.05) is 34.6 Å². The van der Waals surface area contributed by atoms with Crippen LogP contribution in [0.1, 0.15) is 51.9 Å². The Morgan fingerprint density at radius 3 is 2.29 bits per heavy atom. The molecule has 0 amide bonds. The van der Waals surface area contributed by atoms with Gasteiger partial charge in [0.05, 0.1) is 5.56 Å². The SMILES string of the molecule is CC(C)c1ocnc(=O)c1C(C)(C)C. The highest BCUT2D eigenvalue weighted by Gasteiger charge is 2.25. The lowest BCUT2D eigenvalue weighted by atomic mass is 9.85. The molecular formula is C11H17NO2. The molecule has 0 aliphatic carbocycles. The van der Waals surface area contributed by atoms with Gasteiger partial charge in [-0.05, 0) is 5.41 Å². The zero-order chi connectivity index (χ0) is 10.9. The monoisotopic (exact) mass is 195 g/mol. The van der Waals surface area contributed by atoms with Crippen molar-refractivity contribution in [1.82, 2.24) is 4.98 Å². The summed E-state index contributed by atoms with van der Waals surface area (Å²) in [5.74, 6) is 0.956. The highest BCUT2D eigenvalue weighted by atomic mass is 16.3. The molecule has 0 aliphatic heterocycles. The van der Waals surface area contributed by atoms with Gasteiger partial charge in [0.15, 0.2) is 6.39 Å². The second kappa shape index (κ2) is 3.56. The van der Waals surface area contributed by atoms with E-state index >= 15 is 0 Å². The van der Waals surface area contributed by atoms with Crippen molar-refractivity contribution in [2.24, 2.45) is 0 Å². The number of aromatic nitrogens is 1. The molecule has 14 heavy (non-hydrogen) atoms. The van der Waals surface area contributed by atoms with E-state index in [4.69, 9.17) is 4.42 Å². The highest BCUT2D eigenvalue weighted by molar-refractivity contribution is 5.24. The highest BCUT2D eigenvalue weighted by Crippen LogP contribution is 2.26. The maximum Gasteiger partial charge on any atom is 0.279 e. The molecule has 3 heteroatoms. The molecule has 3 nitrogen and oxygen atoms in total. The molecule has 0 spiro atoms. The molecule has 1 aromatic heterocycles. The molecular weight excluding hydrogens is 178 g/mol. The Hall–Kier alpha value is -1.12. The zero-order valence-electron chi connectivity index (χ0n) is 9.42. The lowest BCUT2D eigenvalue weighted by molar-refractivity contribution is 0.416. The van der Waals surface area contributed by atoms with Crippen molar-refractivity contribution in [3.8, 4) is 0 Å². The van der Waals surface area contributed by atoms with Crippen molar-refractivity contribution < 1.29 is 4.42 Å². The third-order valence-electron chi connectivity index (χ3n) is 2.08. The lowest BCUT2D eigenvalue weighted by Crippen LogP contribution is -2.27. The lowest BCUT2D eigenvalue weighted by Gasteiger charge is -2.21. The first-order valence-electron chi connectivity index (χ1n) is 4.82. The van der Waals surface area contributed by atoms with Crippen LogP contribution < -0.4 is 5.56 Å². The molecule has 1 heterocycles. The van der Waals surface area contributed by atoms with Crippen LogP contribution in [0.5, 0.6) is 0 Å². The summed E-state index contributed by atoms with van der Waals surface area (Å²) >= 11 is 0. The first kappa shape index (κ1) is 11.0. The molecule has 78 valence electrons. The van der Waals surface area contributed by atoms with E-state index < -0.39 is 0 Å². The first-order chi connectivity index (χ1) is 6.34. The Morgan fingerprint density at radius 2 is 1.93 bits per heavy atom. The molecule has 1 aromatic rings. The molecule has 0 unspecified atom stereocenters. The summed E-state index contributed by atoms with van der Waals surface area (Å²) < 4.78 is 5.32. The van der Waals surface area contributed by atoms with E-state index in [2.05, 4.69) is 4.98 Å². The fourth-order valence-corrected chi connectivity index (χ4v) is 1.48. The van der Waals surface area contributed by atoms with Crippen molar-refractivity contribution in [3.63, 3.8) is 0 Å². The molecule has 0 N–H and O–H groups in total. The molecule has 0 aromatic carbocycles. The molecule has 0 saturated heterocycles. The second-order valence-electron chi connectivity index (χ2n) is 4.80. The summed E-state index contributed by atoms with van der Waals surface area (Å²) in [5, 5.41) is 0. The van der Waals surface area contributed by atoms with Crippen LogP contribution in [0.2, 0.25) is 0 Å². The van der Waals surface area contributed by atoms with Crippen molar-refractivity contribution in [3.05, 3.63) is 28.1 Å². The van der Waals surface area contributed by atoms with Crippen molar-refractivity contribution in [2.75, 3.05) is 0 Å². The Balaban J connectivity index is 3.46. The smallest absolute Gasteiger partial charge is 0.279 e. The maximum absolute atomic E-state index is 11.6. The summed E-state index contributed by atoms with van der Waals surface area (Å²) in [6.45, 7) is 9.99. The van der Waals surface area contributed by atoms with Crippen LogP contribution in [0.15, 0.2) is 15.6 Å². The third-order valence-corrected chi connectivity index (χ3v) is 2.08. The van der Waals surface area contributed by atoms with Crippen molar-refractivity contribution in [2.45, 2.75) is 46.0 Å². The Labute approximate surface area is 84.2 Å². The van der Waals surface area contributed by atoms with Crippen LogP contribution in [0.4, 0.5) is 0 Å². The van der Waals surface area contributed by atoms with Gasteiger partial charge in [-0.3, -0.25) is 4.79 Å². The van der Waals surface area contributed by atoms with E-state index in [1.54, 1.807) is 0 Å². The van der Waals surface area contributed by atoms with E-state index in [1.165, 1.54) is 6.39 Å². The van der Waals surface area contributed by atoms with Gasteiger partial charge in [0.2, 0.25) is 0 Å². The normalized spacial score (nSPS) is 12.1. The predicted molar refractivity (Wildman–Crippen MR) is 55.6 cm³/mol. The predicted octanol–water partition coefficient (Wildman–Crippen LogP) is 2.46. The van der Waals surface area contributed by atoms with Gasteiger partial charge in [-0.15, -0.1) is 0 Å². The number of rotatable bonds is 1. The van der Waals surface area contributed by atoms with Gasteiger partial charge in [0.25, 0.3) is 5.56 Å². The van der Waals surface area contributed by atoms with E-state index in [0.29, 0.717) is 5.56 Å². The summed E-state index contributed by atoms with van der Waals surface area (Å²) in [6, 6.07) is 0.